The van der Waals surface area contributed by atoms with E-state index < -0.39 is 16.0 Å². The number of carboxylic acids is 1. The zero-order chi connectivity index (χ0) is 14.9. The van der Waals surface area contributed by atoms with Crippen LogP contribution in [0.2, 0.25) is 0 Å². The monoisotopic (exact) mass is 297 g/mol. The average molecular weight is 297 g/mol. The van der Waals surface area contributed by atoms with Gasteiger partial charge >= 0.3 is 5.97 Å². The summed E-state index contributed by atoms with van der Waals surface area (Å²) >= 11 is 0. The molecule has 1 aromatic rings. The van der Waals surface area contributed by atoms with Crippen molar-refractivity contribution >= 4 is 16.0 Å². The molecule has 6 heteroatoms. The predicted octanol–water partition coefficient (Wildman–Crippen LogP) is 2.19. The highest BCUT2D eigenvalue weighted by molar-refractivity contribution is 7.89. The Morgan fingerprint density at radius 3 is 2.40 bits per heavy atom. The van der Waals surface area contributed by atoms with Crippen LogP contribution in [0.4, 0.5) is 0 Å². The first kappa shape index (κ1) is 15.0. The molecule has 1 aliphatic heterocycles. The summed E-state index contributed by atoms with van der Waals surface area (Å²) in [5, 5.41) is 8.85. The minimum absolute atomic E-state index is 0.0270. The lowest BCUT2D eigenvalue weighted by molar-refractivity contribution is 0.0696. The van der Waals surface area contributed by atoms with Crippen LogP contribution in [0.5, 0.6) is 0 Å². The first-order chi connectivity index (χ1) is 9.34. The molecule has 20 heavy (non-hydrogen) atoms. The minimum atomic E-state index is -3.53. The number of hydrogen-bond acceptors (Lipinski definition) is 3. The van der Waals surface area contributed by atoms with Gasteiger partial charge < -0.3 is 5.11 Å². The van der Waals surface area contributed by atoms with Crippen LogP contribution in [0.1, 0.15) is 37.0 Å². The van der Waals surface area contributed by atoms with Crippen molar-refractivity contribution in [1.82, 2.24) is 4.31 Å². The fourth-order valence-corrected chi connectivity index (χ4v) is 4.46. The lowest BCUT2D eigenvalue weighted by atomic mass is 10.0. The van der Waals surface area contributed by atoms with Gasteiger partial charge in [0.25, 0.3) is 0 Å². The number of benzene rings is 1. The van der Waals surface area contributed by atoms with Gasteiger partial charge in [0.1, 0.15) is 0 Å². The second kappa shape index (κ2) is 5.54. The van der Waals surface area contributed by atoms with E-state index in [0.717, 1.165) is 12.8 Å². The molecule has 0 spiro atoms. The van der Waals surface area contributed by atoms with E-state index in [9.17, 15) is 13.2 Å². The molecular weight excluding hydrogens is 278 g/mol. The fourth-order valence-electron chi connectivity index (χ4n) is 2.64. The first-order valence-corrected chi connectivity index (χ1v) is 8.13. The van der Waals surface area contributed by atoms with Crippen LogP contribution in [-0.2, 0) is 10.0 Å². The number of sulfonamides is 1. The van der Waals surface area contributed by atoms with Crippen LogP contribution < -0.4 is 0 Å². The number of carbonyl (C=O) groups is 1. The van der Waals surface area contributed by atoms with Gasteiger partial charge in [-0.25, -0.2) is 13.2 Å². The van der Waals surface area contributed by atoms with Crippen LogP contribution in [0.15, 0.2) is 29.2 Å². The summed E-state index contributed by atoms with van der Waals surface area (Å²) in [7, 11) is -3.53. The first-order valence-electron chi connectivity index (χ1n) is 6.69. The number of nitrogens with zero attached hydrogens (tertiary/aromatic N) is 1. The second-order valence-corrected chi connectivity index (χ2v) is 7.29. The zero-order valence-electron chi connectivity index (χ0n) is 11.6. The van der Waals surface area contributed by atoms with Gasteiger partial charge in [0.15, 0.2) is 0 Å². The van der Waals surface area contributed by atoms with Crippen LogP contribution in [-0.4, -0.2) is 36.4 Å². The Balaban J connectivity index is 2.32. The lowest BCUT2D eigenvalue weighted by Crippen LogP contribution is -2.38. The SMILES string of the molecule is CC(C)C1CCCN1S(=O)(=O)c1ccc(C(=O)O)cc1. The van der Waals surface area contributed by atoms with Crippen LogP contribution in [0, 0.1) is 5.92 Å². The quantitative estimate of drug-likeness (QED) is 0.924. The highest BCUT2D eigenvalue weighted by atomic mass is 32.2. The second-order valence-electron chi connectivity index (χ2n) is 5.40. The molecule has 1 N–H and O–H groups in total. The molecule has 0 bridgehead atoms. The summed E-state index contributed by atoms with van der Waals surface area (Å²) in [4.78, 5) is 11.0. The molecule has 5 nitrogen and oxygen atoms in total. The van der Waals surface area contributed by atoms with Gasteiger partial charge in [-0.3, -0.25) is 0 Å². The van der Waals surface area contributed by atoms with Gasteiger partial charge in [0.05, 0.1) is 10.5 Å². The van der Waals surface area contributed by atoms with Crippen molar-refractivity contribution in [3.8, 4) is 0 Å². The Morgan fingerprint density at radius 2 is 1.90 bits per heavy atom. The van der Waals surface area contributed by atoms with Gasteiger partial charge in [-0.15, -0.1) is 0 Å². The zero-order valence-corrected chi connectivity index (χ0v) is 12.4. The molecule has 1 atom stereocenters. The van der Waals surface area contributed by atoms with Crippen LogP contribution in [0.3, 0.4) is 0 Å². The molecule has 1 aromatic carbocycles. The fraction of sp³-hybridized carbons (Fsp3) is 0.500. The number of rotatable bonds is 4. The molecule has 1 aliphatic rings. The average Bonchev–Trinajstić information content (AvgIpc) is 2.89. The van der Waals surface area contributed by atoms with Crippen molar-refractivity contribution in [1.29, 1.82) is 0 Å². The molecule has 1 heterocycles. The predicted molar refractivity (Wildman–Crippen MR) is 75.2 cm³/mol. The molecule has 0 radical (unpaired) electrons. The van der Waals surface area contributed by atoms with E-state index >= 15 is 0 Å². The van der Waals surface area contributed by atoms with E-state index in [-0.39, 0.29) is 22.4 Å². The van der Waals surface area contributed by atoms with E-state index in [1.54, 1.807) is 4.31 Å². The summed E-state index contributed by atoms with van der Waals surface area (Å²) in [6.07, 6.45) is 1.75. The van der Waals surface area contributed by atoms with Crippen molar-refractivity contribution in [2.24, 2.45) is 5.92 Å². The molecule has 0 aromatic heterocycles. The summed E-state index contributed by atoms with van der Waals surface area (Å²) in [5.41, 5.74) is 0.0887. The van der Waals surface area contributed by atoms with E-state index in [0.29, 0.717) is 6.54 Å². The van der Waals surface area contributed by atoms with Gasteiger partial charge in [-0.2, -0.15) is 4.31 Å². The number of aromatic carboxylic acids is 1. The van der Waals surface area contributed by atoms with Gasteiger partial charge in [0.2, 0.25) is 10.0 Å². The van der Waals surface area contributed by atoms with Crippen molar-refractivity contribution in [2.45, 2.75) is 37.6 Å². The molecule has 2 rings (SSSR count). The molecular formula is C14H19NO4S. The molecule has 1 saturated heterocycles. The third-order valence-electron chi connectivity index (χ3n) is 3.73. The Bertz CT molecular complexity index is 592. The van der Waals surface area contributed by atoms with E-state index in [1.807, 2.05) is 13.8 Å². The highest BCUT2D eigenvalue weighted by Gasteiger charge is 2.36. The Hall–Kier alpha value is -1.40. The third-order valence-corrected chi connectivity index (χ3v) is 5.66. The van der Waals surface area contributed by atoms with E-state index in [2.05, 4.69) is 0 Å². The smallest absolute Gasteiger partial charge is 0.335 e. The van der Waals surface area contributed by atoms with Crippen molar-refractivity contribution in [3.05, 3.63) is 29.8 Å². The lowest BCUT2D eigenvalue weighted by Gasteiger charge is -2.26. The van der Waals surface area contributed by atoms with Gasteiger partial charge in [-0.05, 0) is 43.0 Å². The maximum Gasteiger partial charge on any atom is 0.335 e. The summed E-state index contributed by atoms with van der Waals surface area (Å²) in [6, 6.07) is 5.42. The molecule has 0 saturated carbocycles. The normalized spacial score (nSPS) is 20.4. The van der Waals surface area contributed by atoms with E-state index in [1.165, 1.54) is 24.3 Å². The van der Waals surface area contributed by atoms with Gasteiger partial charge in [-0.1, -0.05) is 13.8 Å². The summed E-state index contributed by atoms with van der Waals surface area (Å²) in [6.45, 7) is 4.57. The number of hydrogen-bond donors (Lipinski definition) is 1. The summed E-state index contributed by atoms with van der Waals surface area (Å²) < 4.78 is 26.8. The standard InChI is InChI=1S/C14H19NO4S/c1-10(2)13-4-3-9-15(13)20(18,19)12-7-5-11(6-8-12)14(16)17/h5-8,10,13H,3-4,9H2,1-2H3,(H,16,17). The number of carboxylic acid groups (broad SMARTS) is 1. The third kappa shape index (κ3) is 2.71. The molecule has 0 aliphatic carbocycles. The van der Waals surface area contributed by atoms with Crippen molar-refractivity contribution < 1.29 is 18.3 Å². The van der Waals surface area contributed by atoms with Crippen molar-refractivity contribution in [2.75, 3.05) is 6.54 Å². The Kier molecular flexibility index (Phi) is 4.15. The molecule has 110 valence electrons. The molecule has 1 unspecified atom stereocenters. The van der Waals surface area contributed by atoms with Crippen molar-refractivity contribution in [3.63, 3.8) is 0 Å². The minimum Gasteiger partial charge on any atom is -0.478 e. The van der Waals surface area contributed by atoms with Crippen LogP contribution in [0.25, 0.3) is 0 Å². The largest absolute Gasteiger partial charge is 0.478 e. The maximum absolute atomic E-state index is 12.6. The van der Waals surface area contributed by atoms with Crippen LogP contribution >= 0.6 is 0 Å². The van der Waals surface area contributed by atoms with E-state index in [4.69, 9.17) is 5.11 Å². The Morgan fingerprint density at radius 1 is 1.30 bits per heavy atom. The topological polar surface area (TPSA) is 74.7 Å². The van der Waals surface area contributed by atoms with Gasteiger partial charge in [0, 0.05) is 12.6 Å². The maximum atomic E-state index is 12.6. The molecule has 0 amide bonds. The highest BCUT2D eigenvalue weighted by Crippen LogP contribution is 2.30. The molecule has 1 fully saturated rings. The summed E-state index contributed by atoms with van der Waals surface area (Å²) in [5.74, 6) is -0.791. The Labute approximate surface area is 119 Å².